The molecule has 0 aliphatic heterocycles. The summed E-state index contributed by atoms with van der Waals surface area (Å²) in [6.07, 6.45) is 2.75. The normalized spacial score (nSPS) is 11.6. The van der Waals surface area contributed by atoms with Crippen LogP contribution in [0.2, 0.25) is 0 Å². The van der Waals surface area contributed by atoms with Crippen molar-refractivity contribution in [3.8, 4) is 0 Å². The molecule has 1 atom stereocenters. The van der Waals surface area contributed by atoms with Gasteiger partial charge in [-0.15, -0.1) is 0 Å². The van der Waals surface area contributed by atoms with Gasteiger partial charge >= 0.3 is 5.97 Å². The molecule has 0 spiro atoms. The minimum atomic E-state index is -0.385. The first-order valence-corrected chi connectivity index (χ1v) is 7.23. The van der Waals surface area contributed by atoms with Crippen molar-refractivity contribution < 1.29 is 14.3 Å². The van der Waals surface area contributed by atoms with Crippen LogP contribution in [0.5, 0.6) is 0 Å². The van der Waals surface area contributed by atoms with Crippen molar-refractivity contribution in [2.45, 2.75) is 39.7 Å². The molecule has 0 aliphatic rings. The molecule has 2 N–H and O–H groups in total. The van der Waals surface area contributed by atoms with Crippen LogP contribution in [0.1, 0.15) is 44.0 Å². The molecule has 0 aliphatic carbocycles. The summed E-state index contributed by atoms with van der Waals surface area (Å²) in [6.45, 7) is 6.59. The molecule has 116 valence electrons. The first-order valence-electron chi connectivity index (χ1n) is 7.23. The molecule has 1 rings (SSSR count). The zero-order chi connectivity index (χ0) is 15.7. The van der Waals surface area contributed by atoms with Gasteiger partial charge in [0.2, 0.25) is 5.91 Å². The fraction of sp³-hybridized carbons (Fsp3) is 0.533. The van der Waals surface area contributed by atoms with E-state index in [0.29, 0.717) is 31.0 Å². The number of pyridine rings is 1. The summed E-state index contributed by atoms with van der Waals surface area (Å²) in [4.78, 5) is 27.2. The Morgan fingerprint density at radius 1 is 1.33 bits per heavy atom. The van der Waals surface area contributed by atoms with Gasteiger partial charge in [-0.1, -0.05) is 6.92 Å². The molecule has 0 aromatic carbocycles. The Morgan fingerprint density at radius 2 is 2.10 bits per heavy atom. The van der Waals surface area contributed by atoms with E-state index in [4.69, 9.17) is 4.74 Å². The summed E-state index contributed by atoms with van der Waals surface area (Å²) in [5, 5.41) is 5.93. The van der Waals surface area contributed by atoms with E-state index in [-0.39, 0.29) is 17.9 Å². The molecular formula is C15H23N3O3. The van der Waals surface area contributed by atoms with E-state index in [1.54, 1.807) is 19.1 Å². The molecule has 21 heavy (non-hydrogen) atoms. The van der Waals surface area contributed by atoms with Crippen LogP contribution in [0, 0.1) is 0 Å². The molecule has 1 aromatic rings. The average Bonchev–Trinajstić information content (AvgIpc) is 2.48. The quantitative estimate of drug-likeness (QED) is 0.716. The van der Waals surface area contributed by atoms with Gasteiger partial charge in [-0.2, -0.15) is 0 Å². The number of hydrogen-bond acceptors (Lipinski definition) is 5. The van der Waals surface area contributed by atoms with Crippen LogP contribution in [0.3, 0.4) is 0 Å². The third-order valence-electron chi connectivity index (χ3n) is 2.95. The van der Waals surface area contributed by atoms with Crippen molar-refractivity contribution in [2.75, 3.05) is 18.5 Å². The van der Waals surface area contributed by atoms with Gasteiger partial charge in [0.05, 0.1) is 12.2 Å². The maximum atomic E-state index is 11.6. The molecule has 0 saturated carbocycles. The molecule has 1 unspecified atom stereocenters. The highest BCUT2D eigenvalue weighted by molar-refractivity contribution is 5.89. The maximum absolute atomic E-state index is 11.6. The third-order valence-corrected chi connectivity index (χ3v) is 2.95. The van der Waals surface area contributed by atoms with Gasteiger partial charge in [0.25, 0.3) is 0 Å². The van der Waals surface area contributed by atoms with Gasteiger partial charge in [-0.25, -0.2) is 9.78 Å². The van der Waals surface area contributed by atoms with Crippen LogP contribution in [0.15, 0.2) is 18.3 Å². The van der Waals surface area contributed by atoms with Crippen LogP contribution in [0.4, 0.5) is 5.82 Å². The molecule has 0 radical (unpaired) electrons. The van der Waals surface area contributed by atoms with E-state index in [9.17, 15) is 9.59 Å². The van der Waals surface area contributed by atoms with Gasteiger partial charge in [-0.05, 0) is 32.4 Å². The SMILES string of the molecule is CCOC(=O)c1ccc(NCCC(=O)NC(C)CC)nc1. The molecule has 0 fully saturated rings. The molecule has 6 heteroatoms. The molecule has 6 nitrogen and oxygen atoms in total. The molecule has 1 heterocycles. The number of hydrogen-bond donors (Lipinski definition) is 2. The minimum absolute atomic E-state index is 0.0139. The van der Waals surface area contributed by atoms with E-state index >= 15 is 0 Å². The van der Waals surface area contributed by atoms with E-state index in [0.717, 1.165) is 6.42 Å². The van der Waals surface area contributed by atoms with E-state index in [2.05, 4.69) is 15.6 Å². The van der Waals surface area contributed by atoms with Crippen LogP contribution in [-0.4, -0.2) is 36.1 Å². The number of anilines is 1. The standard InChI is InChI=1S/C15H23N3O3/c1-4-11(3)18-14(19)8-9-16-13-7-6-12(10-17-13)15(20)21-5-2/h6-7,10-11H,4-5,8-9H2,1-3H3,(H,16,17)(H,18,19). The predicted octanol–water partition coefficient (Wildman–Crippen LogP) is 1.97. The minimum Gasteiger partial charge on any atom is -0.462 e. The lowest BCUT2D eigenvalue weighted by atomic mass is 10.2. The van der Waals surface area contributed by atoms with Gasteiger partial charge in [-0.3, -0.25) is 4.79 Å². The van der Waals surface area contributed by atoms with Gasteiger partial charge < -0.3 is 15.4 Å². The molecular weight excluding hydrogens is 270 g/mol. The van der Waals surface area contributed by atoms with Crippen LogP contribution < -0.4 is 10.6 Å². The van der Waals surface area contributed by atoms with Crippen molar-refractivity contribution >= 4 is 17.7 Å². The first-order chi connectivity index (χ1) is 10.1. The summed E-state index contributed by atoms with van der Waals surface area (Å²) < 4.78 is 4.88. The smallest absolute Gasteiger partial charge is 0.339 e. The summed E-state index contributed by atoms with van der Waals surface area (Å²) in [5.41, 5.74) is 0.414. The largest absolute Gasteiger partial charge is 0.462 e. The zero-order valence-electron chi connectivity index (χ0n) is 12.8. The van der Waals surface area contributed by atoms with Crippen molar-refractivity contribution in [2.24, 2.45) is 0 Å². The number of nitrogens with one attached hydrogen (secondary N) is 2. The number of ether oxygens (including phenoxy) is 1. The van der Waals surface area contributed by atoms with Crippen LogP contribution in [0.25, 0.3) is 0 Å². The Hall–Kier alpha value is -2.11. The molecule has 0 saturated heterocycles. The van der Waals surface area contributed by atoms with Gasteiger partial charge in [0.1, 0.15) is 5.82 Å². The Morgan fingerprint density at radius 3 is 2.67 bits per heavy atom. The van der Waals surface area contributed by atoms with Gasteiger partial charge in [0.15, 0.2) is 0 Å². The lowest BCUT2D eigenvalue weighted by Gasteiger charge is -2.11. The summed E-state index contributed by atoms with van der Waals surface area (Å²) in [6, 6.07) is 3.53. The summed E-state index contributed by atoms with van der Waals surface area (Å²) >= 11 is 0. The number of rotatable bonds is 8. The predicted molar refractivity (Wildman–Crippen MR) is 81.2 cm³/mol. The van der Waals surface area contributed by atoms with Crippen molar-refractivity contribution in [1.29, 1.82) is 0 Å². The number of carbonyl (C=O) groups excluding carboxylic acids is 2. The second kappa shape index (κ2) is 8.94. The maximum Gasteiger partial charge on any atom is 0.339 e. The molecule has 1 amide bonds. The Bertz CT molecular complexity index is 460. The topological polar surface area (TPSA) is 80.3 Å². The number of aromatic nitrogens is 1. The van der Waals surface area contributed by atoms with E-state index in [1.807, 2.05) is 13.8 Å². The first kappa shape index (κ1) is 16.9. The van der Waals surface area contributed by atoms with E-state index in [1.165, 1.54) is 6.20 Å². The van der Waals surface area contributed by atoms with Crippen molar-refractivity contribution in [1.82, 2.24) is 10.3 Å². The van der Waals surface area contributed by atoms with Crippen molar-refractivity contribution in [3.63, 3.8) is 0 Å². The number of nitrogens with zero attached hydrogens (tertiary/aromatic N) is 1. The van der Waals surface area contributed by atoms with Gasteiger partial charge in [0, 0.05) is 25.2 Å². The van der Waals surface area contributed by atoms with Crippen LogP contribution in [-0.2, 0) is 9.53 Å². The second-order valence-electron chi connectivity index (χ2n) is 4.71. The fourth-order valence-corrected chi connectivity index (χ4v) is 1.59. The number of amides is 1. The Kier molecular flexibility index (Phi) is 7.21. The second-order valence-corrected chi connectivity index (χ2v) is 4.71. The number of carbonyl (C=O) groups is 2. The average molecular weight is 293 g/mol. The fourth-order valence-electron chi connectivity index (χ4n) is 1.59. The summed E-state index contributed by atoms with van der Waals surface area (Å²) in [5.74, 6) is 0.254. The van der Waals surface area contributed by atoms with Crippen molar-refractivity contribution in [3.05, 3.63) is 23.9 Å². The third kappa shape index (κ3) is 6.25. The molecule has 1 aromatic heterocycles. The van der Waals surface area contributed by atoms with E-state index < -0.39 is 0 Å². The summed E-state index contributed by atoms with van der Waals surface area (Å²) in [7, 11) is 0. The lowest BCUT2D eigenvalue weighted by Crippen LogP contribution is -2.33. The highest BCUT2D eigenvalue weighted by atomic mass is 16.5. The molecule has 0 bridgehead atoms. The Balaban J connectivity index is 2.36. The monoisotopic (exact) mass is 293 g/mol. The lowest BCUT2D eigenvalue weighted by molar-refractivity contribution is -0.121. The van der Waals surface area contributed by atoms with Crippen LogP contribution >= 0.6 is 0 Å². The number of esters is 1. The Labute approximate surface area is 125 Å². The highest BCUT2D eigenvalue weighted by Crippen LogP contribution is 2.06. The highest BCUT2D eigenvalue weighted by Gasteiger charge is 2.07. The zero-order valence-corrected chi connectivity index (χ0v) is 12.8.